The van der Waals surface area contributed by atoms with E-state index in [1.165, 1.54) is 41.4 Å². The summed E-state index contributed by atoms with van der Waals surface area (Å²) in [5.74, 6) is 0.894. The first-order chi connectivity index (χ1) is 13.3. The quantitative estimate of drug-likeness (QED) is 0.540. The van der Waals surface area contributed by atoms with Crippen LogP contribution in [0, 0.1) is 6.92 Å². The minimum Gasteiger partial charge on any atom is -0.357 e. The summed E-state index contributed by atoms with van der Waals surface area (Å²) < 4.78 is 0. The van der Waals surface area contributed by atoms with Crippen LogP contribution in [0.3, 0.4) is 0 Å². The topological polar surface area (TPSA) is 52.6 Å². The van der Waals surface area contributed by atoms with Gasteiger partial charge in [-0.05, 0) is 45.3 Å². The number of aryl methyl sites for hydroxylation is 1. The summed E-state index contributed by atoms with van der Waals surface area (Å²) in [6.45, 7) is 9.03. The number of nitrogens with zero attached hydrogens (tertiary/aromatic N) is 3. The van der Waals surface area contributed by atoms with Crippen molar-refractivity contribution >= 4 is 17.3 Å². The molecule has 1 aliphatic heterocycles. The lowest BCUT2D eigenvalue weighted by molar-refractivity contribution is 0.251. The van der Waals surface area contributed by atoms with E-state index in [0.717, 1.165) is 32.0 Å². The number of aromatic nitrogens is 1. The third kappa shape index (κ3) is 6.04. The Morgan fingerprint density at radius 3 is 2.67 bits per heavy atom. The van der Waals surface area contributed by atoms with Gasteiger partial charge in [0.25, 0.3) is 0 Å². The van der Waals surface area contributed by atoms with Gasteiger partial charge in [-0.1, -0.05) is 30.3 Å². The molecule has 0 radical (unpaired) electrons. The Morgan fingerprint density at radius 2 is 2.00 bits per heavy atom. The summed E-state index contributed by atoms with van der Waals surface area (Å²) in [6.07, 6.45) is 5.45. The molecule has 27 heavy (non-hydrogen) atoms. The van der Waals surface area contributed by atoms with Crippen LogP contribution in [0.4, 0.5) is 0 Å². The van der Waals surface area contributed by atoms with E-state index >= 15 is 0 Å². The highest BCUT2D eigenvalue weighted by Crippen LogP contribution is 2.25. The SMILES string of the molecule is CCNC(=NCC(c1ccccc1)N1CCCC1)NCCc1ncc(C)s1. The van der Waals surface area contributed by atoms with Crippen LogP contribution in [-0.4, -0.2) is 48.6 Å². The fraction of sp³-hybridized carbons (Fsp3) is 0.524. The van der Waals surface area contributed by atoms with E-state index in [2.05, 4.69) is 64.7 Å². The number of likely N-dealkylation sites (tertiary alicyclic amines) is 1. The largest absolute Gasteiger partial charge is 0.357 e. The molecule has 2 heterocycles. The van der Waals surface area contributed by atoms with Gasteiger partial charge in [-0.15, -0.1) is 11.3 Å². The molecule has 1 atom stereocenters. The molecule has 2 aromatic rings. The summed E-state index contributed by atoms with van der Waals surface area (Å²) in [6, 6.07) is 11.1. The summed E-state index contributed by atoms with van der Waals surface area (Å²) in [7, 11) is 0. The smallest absolute Gasteiger partial charge is 0.191 e. The van der Waals surface area contributed by atoms with Crippen molar-refractivity contribution in [2.24, 2.45) is 4.99 Å². The van der Waals surface area contributed by atoms with Gasteiger partial charge < -0.3 is 10.6 Å². The Bertz CT molecular complexity index is 706. The lowest BCUT2D eigenvalue weighted by atomic mass is 10.1. The second-order valence-corrected chi connectivity index (χ2v) is 8.25. The predicted molar refractivity (Wildman–Crippen MR) is 115 cm³/mol. The first-order valence-corrected chi connectivity index (χ1v) is 10.8. The Morgan fingerprint density at radius 1 is 1.22 bits per heavy atom. The second-order valence-electron chi connectivity index (χ2n) is 6.93. The zero-order valence-corrected chi connectivity index (χ0v) is 17.3. The molecule has 3 rings (SSSR count). The van der Waals surface area contributed by atoms with Crippen LogP contribution in [0.1, 0.15) is 41.3 Å². The van der Waals surface area contributed by atoms with E-state index < -0.39 is 0 Å². The van der Waals surface area contributed by atoms with Gasteiger partial charge in [0.15, 0.2) is 5.96 Å². The third-order valence-corrected chi connectivity index (χ3v) is 5.81. The molecule has 0 saturated carbocycles. The van der Waals surface area contributed by atoms with Crippen LogP contribution in [0.15, 0.2) is 41.5 Å². The number of thiazole rings is 1. The van der Waals surface area contributed by atoms with Gasteiger partial charge in [-0.2, -0.15) is 0 Å². The molecule has 5 nitrogen and oxygen atoms in total. The van der Waals surface area contributed by atoms with Crippen LogP contribution in [0.2, 0.25) is 0 Å². The molecule has 1 aromatic heterocycles. The number of guanidine groups is 1. The molecule has 1 aromatic carbocycles. The Labute approximate surface area is 166 Å². The zero-order chi connectivity index (χ0) is 18.9. The van der Waals surface area contributed by atoms with Crippen LogP contribution < -0.4 is 10.6 Å². The average Bonchev–Trinajstić information content (AvgIpc) is 3.35. The normalized spacial score (nSPS) is 16.4. The summed E-state index contributed by atoms with van der Waals surface area (Å²) in [5.41, 5.74) is 1.36. The van der Waals surface area contributed by atoms with Crippen LogP contribution in [0.5, 0.6) is 0 Å². The molecule has 1 saturated heterocycles. The third-order valence-electron chi connectivity index (χ3n) is 4.83. The van der Waals surface area contributed by atoms with E-state index in [4.69, 9.17) is 4.99 Å². The van der Waals surface area contributed by atoms with Crippen molar-refractivity contribution in [2.75, 3.05) is 32.7 Å². The molecular formula is C21H31N5S. The van der Waals surface area contributed by atoms with Crippen LogP contribution in [-0.2, 0) is 6.42 Å². The molecule has 1 aliphatic rings. The van der Waals surface area contributed by atoms with Gasteiger partial charge in [-0.3, -0.25) is 9.89 Å². The number of benzene rings is 1. The van der Waals surface area contributed by atoms with Crippen molar-refractivity contribution in [1.82, 2.24) is 20.5 Å². The molecule has 0 spiro atoms. The summed E-state index contributed by atoms with van der Waals surface area (Å²) in [4.78, 5) is 13.2. The zero-order valence-electron chi connectivity index (χ0n) is 16.4. The standard InChI is InChI=1S/C21H31N5S/c1-3-22-21(23-12-11-20-24-15-17(2)27-20)25-16-19(26-13-7-8-14-26)18-9-5-4-6-10-18/h4-6,9-10,15,19H,3,7-8,11-14,16H2,1-2H3,(H2,22,23,25). The summed E-state index contributed by atoms with van der Waals surface area (Å²) >= 11 is 1.77. The number of rotatable bonds is 8. The Balaban J connectivity index is 1.61. The molecule has 146 valence electrons. The highest BCUT2D eigenvalue weighted by molar-refractivity contribution is 7.11. The van der Waals surface area contributed by atoms with E-state index in [0.29, 0.717) is 6.04 Å². The van der Waals surface area contributed by atoms with Gasteiger partial charge in [0.2, 0.25) is 0 Å². The van der Waals surface area contributed by atoms with Gasteiger partial charge >= 0.3 is 0 Å². The molecule has 1 fully saturated rings. The first kappa shape index (κ1) is 19.8. The monoisotopic (exact) mass is 385 g/mol. The maximum atomic E-state index is 4.91. The van der Waals surface area contributed by atoms with Gasteiger partial charge in [0, 0.05) is 30.6 Å². The molecule has 1 unspecified atom stereocenters. The Kier molecular flexibility index (Phi) is 7.66. The Hall–Kier alpha value is -1.92. The lowest BCUT2D eigenvalue weighted by Gasteiger charge is -2.27. The molecule has 2 N–H and O–H groups in total. The second kappa shape index (κ2) is 10.4. The molecule has 0 amide bonds. The summed E-state index contributed by atoms with van der Waals surface area (Å²) in [5, 5.41) is 8.01. The van der Waals surface area contributed by atoms with E-state index in [1.54, 1.807) is 11.3 Å². The number of hydrogen-bond donors (Lipinski definition) is 2. The molecule has 6 heteroatoms. The maximum absolute atomic E-state index is 4.91. The minimum atomic E-state index is 0.353. The van der Waals surface area contributed by atoms with E-state index in [1.807, 2.05) is 6.20 Å². The van der Waals surface area contributed by atoms with Gasteiger partial charge in [0.1, 0.15) is 0 Å². The predicted octanol–water partition coefficient (Wildman–Crippen LogP) is 3.39. The van der Waals surface area contributed by atoms with Crippen LogP contribution in [0.25, 0.3) is 0 Å². The van der Waals surface area contributed by atoms with Gasteiger partial charge in [0.05, 0.1) is 17.6 Å². The van der Waals surface area contributed by atoms with Crippen molar-refractivity contribution in [2.45, 2.75) is 39.2 Å². The number of nitrogens with one attached hydrogen (secondary N) is 2. The first-order valence-electron chi connectivity index (χ1n) is 9.98. The molecule has 0 bridgehead atoms. The van der Waals surface area contributed by atoms with Crippen molar-refractivity contribution in [3.05, 3.63) is 52.0 Å². The fourth-order valence-electron chi connectivity index (χ4n) is 3.48. The van der Waals surface area contributed by atoms with E-state index in [-0.39, 0.29) is 0 Å². The fourth-order valence-corrected chi connectivity index (χ4v) is 4.27. The lowest BCUT2D eigenvalue weighted by Crippen LogP contribution is -2.39. The number of hydrogen-bond acceptors (Lipinski definition) is 4. The highest BCUT2D eigenvalue weighted by Gasteiger charge is 2.23. The van der Waals surface area contributed by atoms with Crippen LogP contribution >= 0.6 is 11.3 Å². The highest BCUT2D eigenvalue weighted by atomic mass is 32.1. The van der Waals surface area contributed by atoms with E-state index in [9.17, 15) is 0 Å². The maximum Gasteiger partial charge on any atom is 0.191 e. The number of aliphatic imine (C=N–C) groups is 1. The van der Waals surface area contributed by atoms with Crippen molar-refractivity contribution in [3.8, 4) is 0 Å². The average molecular weight is 386 g/mol. The molecular weight excluding hydrogens is 354 g/mol. The van der Waals surface area contributed by atoms with Gasteiger partial charge in [-0.25, -0.2) is 4.98 Å². The van der Waals surface area contributed by atoms with Crippen molar-refractivity contribution < 1.29 is 0 Å². The van der Waals surface area contributed by atoms with Crippen molar-refractivity contribution in [1.29, 1.82) is 0 Å². The van der Waals surface area contributed by atoms with Crippen molar-refractivity contribution in [3.63, 3.8) is 0 Å². The minimum absolute atomic E-state index is 0.353. The molecule has 0 aliphatic carbocycles.